The monoisotopic (exact) mass is 580 g/mol. The van der Waals surface area contributed by atoms with E-state index >= 15 is 0 Å². The maximum absolute atomic E-state index is 13.2. The minimum Gasteiger partial charge on any atom is -0.458 e. The van der Waals surface area contributed by atoms with Crippen LogP contribution in [0, 0.1) is 0 Å². The lowest BCUT2D eigenvalue weighted by molar-refractivity contribution is -0.120. The average Bonchev–Trinajstić information content (AvgIpc) is 3.42. The maximum Gasteiger partial charge on any atom is 0.410 e. The third-order valence-electron chi connectivity index (χ3n) is 6.85. The lowest BCUT2D eigenvalue weighted by Crippen LogP contribution is -2.36. The molecule has 11 heteroatoms. The number of anilines is 1. The maximum atomic E-state index is 13.2. The van der Waals surface area contributed by atoms with Crippen LogP contribution in [-0.4, -0.2) is 84.6 Å². The van der Waals surface area contributed by atoms with Crippen molar-refractivity contribution in [2.75, 3.05) is 45.3 Å². The Morgan fingerprint density at radius 2 is 1.90 bits per heavy atom. The lowest BCUT2D eigenvalue weighted by atomic mass is 9.79. The zero-order chi connectivity index (χ0) is 30.5. The first-order chi connectivity index (χ1) is 19.9. The number of rotatable bonds is 11. The van der Waals surface area contributed by atoms with Crippen molar-refractivity contribution in [1.82, 2.24) is 14.9 Å². The number of carbonyl (C=O) groups excluding carboxylic acids is 3. The summed E-state index contributed by atoms with van der Waals surface area (Å²) in [6.07, 6.45) is 5.74. The number of hydrogen-bond acceptors (Lipinski definition) is 9. The summed E-state index contributed by atoms with van der Waals surface area (Å²) in [6.45, 7) is 11.1. The smallest absolute Gasteiger partial charge is 0.410 e. The first-order valence-electron chi connectivity index (χ1n) is 14.2. The van der Waals surface area contributed by atoms with Gasteiger partial charge in [-0.15, -0.1) is 0 Å². The fourth-order valence-corrected chi connectivity index (χ4v) is 4.83. The van der Waals surface area contributed by atoms with Crippen molar-refractivity contribution in [2.45, 2.75) is 64.6 Å². The highest BCUT2D eigenvalue weighted by molar-refractivity contribution is 6.06. The van der Waals surface area contributed by atoms with Crippen LogP contribution in [0.1, 0.15) is 67.5 Å². The fraction of sp³-hybridized carbons (Fsp3) is 0.516. The molecule has 226 valence electrons. The summed E-state index contributed by atoms with van der Waals surface area (Å²) in [5.41, 5.74) is 2.23. The molecule has 1 aliphatic carbocycles. The summed E-state index contributed by atoms with van der Waals surface area (Å²) in [5.74, 6) is -0.0372. The normalized spacial score (nSPS) is 17.5. The molecule has 0 aromatic carbocycles. The Bertz CT molecular complexity index is 1350. The van der Waals surface area contributed by atoms with Gasteiger partial charge in [0.25, 0.3) is 0 Å². The number of amides is 2. The van der Waals surface area contributed by atoms with Crippen LogP contribution in [0.25, 0.3) is 6.08 Å². The van der Waals surface area contributed by atoms with Gasteiger partial charge in [0.2, 0.25) is 5.91 Å². The summed E-state index contributed by atoms with van der Waals surface area (Å²) in [5, 5.41) is 2.92. The van der Waals surface area contributed by atoms with Crippen molar-refractivity contribution in [3.63, 3.8) is 0 Å². The van der Waals surface area contributed by atoms with Crippen LogP contribution < -0.4 is 5.32 Å². The summed E-state index contributed by atoms with van der Waals surface area (Å²) < 4.78 is 21.8. The third-order valence-corrected chi connectivity index (χ3v) is 6.85. The number of nitrogens with one attached hydrogen (secondary N) is 1. The highest BCUT2D eigenvalue weighted by Crippen LogP contribution is 2.46. The lowest BCUT2D eigenvalue weighted by Gasteiger charge is -2.24. The second-order valence-corrected chi connectivity index (χ2v) is 11.8. The highest BCUT2D eigenvalue weighted by atomic mass is 16.6. The minimum atomic E-state index is -0.812. The number of hydrogen-bond donors (Lipinski definition) is 1. The molecule has 2 amide bonds. The van der Waals surface area contributed by atoms with Crippen molar-refractivity contribution in [1.29, 1.82) is 0 Å². The van der Waals surface area contributed by atoms with Gasteiger partial charge in [0.15, 0.2) is 0 Å². The molecule has 4 rings (SSSR count). The molecule has 2 aliphatic rings. The van der Waals surface area contributed by atoms with E-state index in [1.54, 1.807) is 33.2 Å². The molecule has 0 fully saturated rings. The molecule has 2 aromatic rings. The number of likely N-dealkylation sites (N-methyl/N-ethyl adjacent to an activating group) is 1. The summed E-state index contributed by atoms with van der Waals surface area (Å²) in [4.78, 5) is 48.0. The molecule has 0 bridgehead atoms. The van der Waals surface area contributed by atoms with Crippen LogP contribution in [0.15, 0.2) is 30.5 Å². The van der Waals surface area contributed by atoms with Crippen LogP contribution in [0.5, 0.6) is 0 Å². The van der Waals surface area contributed by atoms with Crippen LogP contribution in [-0.2, 0) is 42.0 Å². The van der Waals surface area contributed by atoms with E-state index in [-0.39, 0.29) is 23.8 Å². The van der Waals surface area contributed by atoms with E-state index in [0.29, 0.717) is 51.6 Å². The van der Waals surface area contributed by atoms with Gasteiger partial charge in [-0.1, -0.05) is 18.2 Å². The predicted octanol–water partition coefficient (Wildman–Crippen LogP) is 3.94. The van der Waals surface area contributed by atoms with E-state index in [1.165, 1.54) is 4.90 Å². The number of carbonyl (C=O) groups is 3. The molecule has 1 atom stereocenters. The van der Waals surface area contributed by atoms with Crippen molar-refractivity contribution in [3.05, 3.63) is 58.6 Å². The zero-order valence-electron chi connectivity index (χ0n) is 25.2. The zero-order valence-corrected chi connectivity index (χ0v) is 25.2. The van der Waals surface area contributed by atoms with Crippen molar-refractivity contribution in [2.24, 2.45) is 0 Å². The Labute approximate surface area is 246 Å². The Morgan fingerprint density at radius 1 is 1.14 bits per heavy atom. The summed E-state index contributed by atoms with van der Waals surface area (Å²) in [6, 6.07) is 5.49. The number of esters is 1. The van der Waals surface area contributed by atoms with E-state index < -0.39 is 17.0 Å². The Balaban J connectivity index is 1.26. The van der Waals surface area contributed by atoms with E-state index in [0.717, 1.165) is 22.4 Å². The third kappa shape index (κ3) is 7.51. The largest absolute Gasteiger partial charge is 0.458 e. The van der Waals surface area contributed by atoms with Gasteiger partial charge in [0, 0.05) is 37.5 Å². The predicted molar refractivity (Wildman–Crippen MR) is 156 cm³/mol. The van der Waals surface area contributed by atoms with E-state index in [1.807, 2.05) is 45.1 Å². The molecular weight excluding hydrogens is 540 g/mol. The SMILES string of the molecule is CC(C)OC(=O)c1ccc2c(n1)CC1(C2)C(=O)Nc2ncc(/C=C/COCCOCCN(C)C(=O)OC(C)(C)C)cc21. The molecule has 0 saturated carbocycles. The van der Waals surface area contributed by atoms with Gasteiger partial charge in [0.1, 0.15) is 17.1 Å². The van der Waals surface area contributed by atoms with Gasteiger partial charge in [-0.05, 0) is 64.3 Å². The minimum absolute atomic E-state index is 0.115. The Morgan fingerprint density at radius 3 is 2.64 bits per heavy atom. The summed E-state index contributed by atoms with van der Waals surface area (Å²) >= 11 is 0. The number of ether oxygens (including phenoxy) is 4. The van der Waals surface area contributed by atoms with Crippen molar-refractivity contribution >= 4 is 29.9 Å². The number of aromatic nitrogens is 2. The first-order valence-corrected chi connectivity index (χ1v) is 14.2. The Hall–Kier alpha value is -3.83. The molecule has 3 heterocycles. The first kappa shape index (κ1) is 31.1. The molecule has 42 heavy (non-hydrogen) atoms. The quantitative estimate of drug-likeness (QED) is 0.310. The van der Waals surface area contributed by atoms with Gasteiger partial charge in [-0.3, -0.25) is 4.79 Å². The van der Waals surface area contributed by atoms with Crippen LogP contribution in [0.3, 0.4) is 0 Å². The summed E-state index contributed by atoms with van der Waals surface area (Å²) in [7, 11) is 1.67. The van der Waals surface area contributed by atoms with Gasteiger partial charge in [-0.2, -0.15) is 0 Å². The van der Waals surface area contributed by atoms with Crippen LogP contribution >= 0.6 is 0 Å². The molecule has 0 radical (unpaired) electrons. The molecule has 1 unspecified atom stereocenters. The number of fused-ring (bicyclic) bond motifs is 3. The highest BCUT2D eigenvalue weighted by Gasteiger charge is 2.52. The number of nitrogens with zero attached hydrogens (tertiary/aromatic N) is 3. The average molecular weight is 581 g/mol. The fourth-order valence-electron chi connectivity index (χ4n) is 4.83. The van der Waals surface area contributed by atoms with E-state index in [4.69, 9.17) is 18.9 Å². The van der Waals surface area contributed by atoms with Crippen LogP contribution in [0.4, 0.5) is 10.6 Å². The van der Waals surface area contributed by atoms with Gasteiger partial charge in [-0.25, -0.2) is 19.6 Å². The molecule has 1 aliphatic heterocycles. The van der Waals surface area contributed by atoms with E-state index in [2.05, 4.69) is 15.3 Å². The van der Waals surface area contributed by atoms with Gasteiger partial charge >= 0.3 is 12.1 Å². The topological polar surface area (TPSA) is 129 Å². The molecule has 11 nitrogen and oxygen atoms in total. The molecular formula is C31H40N4O7. The standard InChI is InChI=1S/C31H40N4O7/c1-20(2)41-27(36)24-10-9-22-17-31(18-25(22)33-24)23-16-21(19-32-26(23)34-28(31)37)8-7-12-39-14-15-40-13-11-35(6)29(38)42-30(3,4)5/h7-10,16,19-20H,11-15,17-18H2,1-6H3,(H,32,34,37)/b8-7+. The molecule has 1 N–H and O–H groups in total. The van der Waals surface area contributed by atoms with E-state index in [9.17, 15) is 14.4 Å². The van der Waals surface area contributed by atoms with Crippen molar-refractivity contribution < 1.29 is 33.3 Å². The molecule has 2 aromatic heterocycles. The van der Waals surface area contributed by atoms with Gasteiger partial charge in [0.05, 0.1) is 37.9 Å². The molecule has 0 saturated heterocycles. The molecule has 1 spiro atoms. The second-order valence-electron chi connectivity index (χ2n) is 11.8. The Kier molecular flexibility index (Phi) is 9.63. The second kappa shape index (κ2) is 13.0. The van der Waals surface area contributed by atoms with Gasteiger partial charge < -0.3 is 29.2 Å². The van der Waals surface area contributed by atoms with Crippen LogP contribution in [0.2, 0.25) is 0 Å². The van der Waals surface area contributed by atoms with Crippen molar-refractivity contribution in [3.8, 4) is 0 Å². The number of pyridine rings is 2.